The summed E-state index contributed by atoms with van der Waals surface area (Å²) in [6.45, 7) is 7.06. The molecule has 3 saturated heterocycles. The molecule has 4 atom stereocenters. The van der Waals surface area contributed by atoms with E-state index in [1.54, 1.807) is 0 Å². The quantitative estimate of drug-likeness (QED) is 0.728. The van der Waals surface area contributed by atoms with Crippen molar-refractivity contribution in [1.29, 1.82) is 0 Å². The average Bonchev–Trinajstić information content (AvgIpc) is 3.10. The number of hydrogen-bond acceptors (Lipinski definition) is 6. The van der Waals surface area contributed by atoms with Gasteiger partial charge in [-0.05, 0) is 19.0 Å². The molecule has 0 aliphatic carbocycles. The van der Waals surface area contributed by atoms with Gasteiger partial charge in [-0.25, -0.2) is 0 Å². The minimum Gasteiger partial charge on any atom is -0.408 e. The topological polar surface area (TPSA) is 55.4 Å². The van der Waals surface area contributed by atoms with E-state index in [1.807, 2.05) is 20.8 Å². The van der Waals surface area contributed by atoms with Crippen LogP contribution in [-0.2, 0) is 27.9 Å². The summed E-state index contributed by atoms with van der Waals surface area (Å²) in [4.78, 5) is 0. The predicted octanol–water partition coefficient (Wildman–Crippen LogP) is 1.13. The Morgan fingerprint density at radius 1 is 0.667 bits per heavy atom. The van der Waals surface area contributed by atoms with Gasteiger partial charge in [-0.2, -0.15) is 0 Å². The summed E-state index contributed by atoms with van der Waals surface area (Å²) in [6, 6.07) is 0. The summed E-state index contributed by atoms with van der Waals surface area (Å²) in [7, 11) is -0.596. The summed E-state index contributed by atoms with van der Waals surface area (Å²) >= 11 is 0. The summed E-state index contributed by atoms with van der Waals surface area (Å²) < 4.78 is 35.5. The molecule has 0 aromatic rings. The lowest BCUT2D eigenvalue weighted by atomic mass is 9.85. The second-order valence-electron chi connectivity index (χ2n) is 5.73. The first-order valence-corrected chi connectivity index (χ1v) is 8.10. The van der Waals surface area contributed by atoms with E-state index in [0.717, 1.165) is 19.0 Å². The Morgan fingerprint density at radius 3 is 1.48 bits per heavy atom. The van der Waals surface area contributed by atoms with Gasteiger partial charge < -0.3 is 27.9 Å². The molecule has 6 nitrogen and oxygen atoms in total. The van der Waals surface area contributed by atoms with Crippen LogP contribution in [0.3, 0.4) is 0 Å². The van der Waals surface area contributed by atoms with Gasteiger partial charge in [0.1, 0.15) is 0 Å². The van der Waals surface area contributed by atoms with E-state index in [2.05, 4.69) is 0 Å². The fourth-order valence-electron chi connectivity index (χ4n) is 3.05. The number of hydrogen-bond donors (Lipinski definition) is 0. The standard InChI is InChI=1S/C12H23B3O6/c1-4-13-16-7-9-11(20-14(5-2)18-9)12-10(8-17-13)19-15(6-3)21-12/h9-12H,4-8H2,1-3H3. The van der Waals surface area contributed by atoms with Gasteiger partial charge in [-0.1, -0.05) is 20.8 Å². The molecular formula is C12H23B3O6. The van der Waals surface area contributed by atoms with Gasteiger partial charge in [0, 0.05) is 0 Å². The first-order chi connectivity index (χ1) is 10.2. The van der Waals surface area contributed by atoms with E-state index in [4.69, 9.17) is 27.9 Å². The summed E-state index contributed by atoms with van der Waals surface area (Å²) in [6.07, 6.45) is 1.86. The van der Waals surface area contributed by atoms with Gasteiger partial charge in [0.15, 0.2) is 0 Å². The van der Waals surface area contributed by atoms with Gasteiger partial charge in [0.05, 0.1) is 37.6 Å². The van der Waals surface area contributed by atoms with Crippen molar-refractivity contribution in [3.63, 3.8) is 0 Å². The molecule has 0 N–H and O–H groups in total. The highest BCUT2D eigenvalue weighted by Crippen LogP contribution is 2.32. The molecule has 0 saturated carbocycles. The van der Waals surface area contributed by atoms with Crippen LogP contribution in [0.4, 0.5) is 0 Å². The van der Waals surface area contributed by atoms with Crippen LogP contribution in [0.5, 0.6) is 0 Å². The largest absolute Gasteiger partial charge is 0.457 e. The van der Waals surface area contributed by atoms with Gasteiger partial charge in [-0.15, -0.1) is 0 Å². The Hall–Kier alpha value is -0.0452. The van der Waals surface area contributed by atoms with Crippen LogP contribution in [0.25, 0.3) is 0 Å². The highest BCUT2D eigenvalue weighted by atomic mass is 16.7. The first kappa shape index (κ1) is 15.8. The fourth-order valence-corrected chi connectivity index (χ4v) is 3.05. The first-order valence-electron chi connectivity index (χ1n) is 8.10. The molecule has 116 valence electrons. The molecule has 0 spiro atoms. The molecule has 0 radical (unpaired) electrons. The Bertz CT molecular complexity index is 319. The van der Waals surface area contributed by atoms with Gasteiger partial charge in [-0.3, -0.25) is 0 Å². The summed E-state index contributed by atoms with van der Waals surface area (Å²) in [5.41, 5.74) is 0. The molecule has 3 fully saturated rings. The van der Waals surface area contributed by atoms with Crippen molar-refractivity contribution in [3.8, 4) is 0 Å². The van der Waals surface area contributed by atoms with Crippen LogP contribution in [0, 0.1) is 0 Å². The second-order valence-corrected chi connectivity index (χ2v) is 5.73. The van der Waals surface area contributed by atoms with Gasteiger partial charge in [0.2, 0.25) is 0 Å². The molecule has 9 heteroatoms. The number of rotatable bonds is 3. The second kappa shape index (κ2) is 7.02. The van der Waals surface area contributed by atoms with E-state index < -0.39 is 0 Å². The SMILES string of the molecule is CCB1OCC2OB(CC)OC2C2OB(CC)OC2CO1. The van der Waals surface area contributed by atoms with Crippen LogP contribution in [-0.4, -0.2) is 59.0 Å². The third-order valence-electron chi connectivity index (χ3n) is 4.22. The molecule has 3 aliphatic rings. The molecule has 3 rings (SSSR count). The highest BCUT2D eigenvalue weighted by molar-refractivity contribution is 6.46. The van der Waals surface area contributed by atoms with E-state index in [9.17, 15) is 0 Å². The van der Waals surface area contributed by atoms with Crippen molar-refractivity contribution in [3.05, 3.63) is 0 Å². The lowest BCUT2D eigenvalue weighted by Gasteiger charge is -2.26. The van der Waals surface area contributed by atoms with Crippen molar-refractivity contribution in [2.24, 2.45) is 0 Å². The van der Waals surface area contributed by atoms with Crippen LogP contribution in [0.1, 0.15) is 20.8 Å². The van der Waals surface area contributed by atoms with Crippen molar-refractivity contribution < 1.29 is 27.9 Å². The lowest BCUT2D eigenvalue weighted by Crippen LogP contribution is -2.43. The van der Waals surface area contributed by atoms with Crippen LogP contribution < -0.4 is 0 Å². The average molecular weight is 296 g/mol. The van der Waals surface area contributed by atoms with Crippen LogP contribution in [0.2, 0.25) is 19.0 Å². The molecule has 21 heavy (non-hydrogen) atoms. The molecule has 0 amide bonds. The molecule has 4 unspecified atom stereocenters. The maximum absolute atomic E-state index is 6.02. The Kier molecular flexibility index (Phi) is 5.29. The smallest absolute Gasteiger partial charge is 0.408 e. The summed E-state index contributed by atoms with van der Waals surface area (Å²) in [5, 5.41) is 0. The van der Waals surface area contributed by atoms with Crippen molar-refractivity contribution in [1.82, 2.24) is 0 Å². The Morgan fingerprint density at radius 2 is 1.10 bits per heavy atom. The van der Waals surface area contributed by atoms with Crippen molar-refractivity contribution >= 4 is 21.4 Å². The van der Waals surface area contributed by atoms with E-state index in [1.165, 1.54) is 0 Å². The molecule has 0 bridgehead atoms. The fraction of sp³-hybridized carbons (Fsp3) is 1.00. The zero-order valence-corrected chi connectivity index (χ0v) is 13.0. The Balaban J connectivity index is 1.77. The normalized spacial score (nSPS) is 37.0. The zero-order chi connectivity index (χ0) is 14.8. The van der Waals surface area contributed by atoms with Crippen molar-refractivity contribution in [2.45, 2.75) is 64.1 Å². The predicted molar refractivity (Wildman–Crippen MR) is 80.1 cm³/mol. The van der Waals surface area contributed by atoms with Crippen LogP contribution >= 0.6 is 0 Å². The van der Waals surface area contributed by atoms with E-state index >= 15 is 0 Å². The van der Waals surface area contributed by atoms with Gasteiger partial charge in [0.25, 0.3) is 0 Å². The third-order valence-corrected chi connectivity index (χ3v) is 4.22. The minimum atomic E-state index is -0.224. The third kappa shape index (κ3) is 3.33. The highest BCUT2D eigenvalue weighted by Gasteiger charge is 2.51. The monoisotopic (exact) mass is 296 g/mol. The van der Waals surface area contributed by atoms with Gasteiger partial charge >= 0.3 is 21.4 Å². The van der Waals surface area contributed by atoms with E-state index in [0.29, 0.717) is 13.2 Å². The summed E-state index contributed by atoms with van der Waals surface area (Å²) in [5.74, 6) is 0. The van der Waals surface area contributed by atoms with E-state index in [-0.39, 0.29) is 45.8 Å². The molecule has 3 heterocycles. The molecule has 3 aliphatic heterocycles. The lowest BCUT2D eigenvalue weighted by molar-refractivity contribution is 0.00239. The maximum atomic E-state index is 6.02. The molecule has 0 aromatic carbocycles. The minimum absolute atomic E-state index is 0.127. The zero-order valence-electron chi connectivity index (χ0n) is 13.0. The maximum Gasteiger partial charge on any atom is 0.457 e. The van der Waals surface area contributed by atoms with Crippen molar-refractivity contribution in [2.75, 3.05) is 13.2 Å². The van der Waals surface area contributed by atoms with Crippen LogP contribution in [0.15, 0.2) is 0 Å². The number of fused-ring (bicyclic) bond motifs is 3. The Labute approximate surface area is 127 Å². The molecule has 0 aromatic heterocycles. The molecular weight excluding hydrogens is 273 g/mol.